The van der Waals surface area contributed by atoms with Crippen molar-refractivity contribution in [3.63, 3.8) is 0 Å². The molecular weight excluding hydrogens is 356 g/mol. The number of piperidine rings is 1. The second kappa shape index (κ2) is 8.31. The fourth-order valence-corrected chi connectivity index (χ4v) is 4.95. The standard InChI is InChI=1S/C18H24N2O3S2/c1-23-16-4-2-6-18(12-16)25(21,22)19-13-15-7-9-20(10-8-15)14-17-5-3-11-24-17/h2-6,11-12,15,19H,7-10,13-14H2,1H3. The zero-order valence-electron chi connectivity index (χ0n) is 14.3. The summed E-state index contributed by atoms with van der Waals surface area (Å²) in [5.41, 5.74) is 0. The Kier molecular flexibility index (Phi) is 6.11. The minimum atomic E-state index is -3.49. The van der Waals surface area contributed by atoms with Crippen molar-refractivity contribution < 1.29 is 13.2 Å². The van der Waals surface area contributed by atoms with Crippen LogP contribution in [0.3, 0.4) is 0 Å². The summed E-state index contributed by atoms with van der Waals surface area (Å²) in [6, 6.07) is 10.8. The van der Waals surface area contributed by atoms with Crippen LogP contribution in [0.4, 0.5) is 0 Å². The first-order valence-electron chi connectivity index (χ1n) is 8.45. The van der Waals surface area contributed by atoms with Gasteiger partial charge in [0.15, 0.2) is 0 Å². The second-order valence-electron chi connectivity index (χ2n) is 6.33. The van der Waals surface area contributed by atoms with E-state index in [1.54, 1.807) is 35.6 Å². The van der Waals surface area contributed by atoms with Gasteiger partial charge in [-0.05, 0) is 55.4 Å². The van der Waals surface area contributed by atoms with Crippen LogP contribution in [0.2, 0.25) is 0 Å². The van der Waals surface area contributed by atoms with Gasteiger partial charge in [-0.15, -0.1) is 11.3 Å². The van der Waals surface area contributed by atoms with Crippen molar-refractivity contribution in [1.82, 2.24) is 9.62 Å². The molecule has 1 saturated heterocycles. The first-order chi connectivity index (χ1) is 12.1. The maximum absolute atomic E-state index is 12.4. The van der Waals surface area contributed by atoms with E-state index in [2.05, 4.69) is 27.1 Å². The molecule has 2 aromatic rings. The van der Waals surface area contributed by atoms with E-state index in [-0.39, 0.29) is 4.90 Å². The molecule has 1 aliphatic rings. The summed E-state index contributed by atoms with van der Waals surface area (Å²) in [5.74, 6) is 0.935. The minimum Gasteiger partial charge on any atom is -0.497 e. The molecule has 0 bridgehead atoms. The summed E-state index contributed by atoms with van der Waals surface area (Å²) in [5, 5.41) is 2.11. The Labute approximate surface area is 153 Å². The highest BCUT2D eigenvalue weighted by molar-refractivity contribution is 7.89. The van der Waals surface area contributed by atoms with E-state index >= 15 is 0 Å². The summed E-state index contributed by atoms with van der Waals surface area (Å²) in [4.78, 5) is 4.08. The monoisotopic (exact) mass is 380 g/mol. The van der Waals surface area contributed by atoms with E-state index in [0.29, 0.717) is 18.2 Å². The van der Waals surface area contributed by atoms with Crippen LogP contribution in [0.1, 0.15) is 17.7 Å². The molecule has 0 amide bonds. The number of ether oxygens (including phenoxy) is 1. The van der Waals surface area contributed by atoms with Crippen molar-refractivity contribution in [2.75, 3.05) is 26.7 Å². The maximum atomic E-state index is 12.4. The molecule has 1 fully saturated rings. The SMILES string of the molecule is COc1cccc(S(=O)(=O)NCC2CCN(Cc3cccs3)CC2)c1. The first-order valence-corrected chi connectivity index (χ1v) is 10.8. The predicted molar refractivity (Wildman–Crippen MR) is 101 cm³/mol. The highest BCUT2D eigenvalue weighted by Gasteiger charge is 2.22. The molecule has 0 atom stereocenters. The summed E-state index contributed by atoms with van der Waals surface area (Å²) in [6.45, 7) is 3.53. The number of hydrogen-bond acceptors (Lipinski definition) is 5. The Morgan fingerprint density at radius 1 is 1.24 bits per heavy atom. The molecule has 5 nitrogen and oxygen atoms in total. The average Bonchev–Trinajstić information content (AvgIpc) is 3.14. The van der Waals surface area contributed by atoms with Gasteiger partial charge >= 0.3 is 0 Å². The van der Waals surface area contributed by atoms with E-state index in [1.165, 1.54) is 12.0 Å². The van der Waals surface area contributed by atoms with Gasteiger partial charge in [0, 0.05) is 24.0 Å². The Balaban J connectivity index is 1.49. The summed E-state index contributed by atoms with van der Waals surface area (Å²) < 4.78 is 32.7. The molecule has 1 N–H and O–H groups in total. The molecule has 0 saturated carbocycles. The Hall–Kier alpha value is -1.41. The van der Waals surface area contributed by atoms with Crippen LogP contribution in [-0.2, 0) is 16.6 Å². The lowest BCUT2D eigenvalue weighted by molar-refractivity contribution is 0.180. The average molecular weight is 381 g/mol. The van der Waals surface area contributed by atoms with Crippen molar-refractivity contribution in [2.24, 2.45) is 5.92 Å². The van der Waals surface area contributed by atoms with E-state index in [0.717, 1.165) is 32.5 Å². The van der Waals surface area contributed by atoms with Gasteiger partial charge in [-0.25, -0.2) is 13.1 Å². The highest BCUT2D eigenvalue weighted by atomic mass is 32.2. The van der Waals surface area contributed by atoms with Crippen LogP contribution >= 0.6 is 11.3 Å². The molecule has 3 rings (SSSR count). The first kappa shape index (κ1) is 18.4. The molecule has 25 heavy (non-hydrogen) atoms. The molecular formula is C18H24N2O3S2. The van der Waals surface area contributed by atoms with Crippen molar-refractivity contribution >= 4 is 21.4 Å². The number of rotatable bonds is 7. The van der Waals surface area contributed by atoms with Gasteiger partial charge in [-0.3, -0.25) is 4.90 Å². The van der Waals surface area contributed by atoms with E-state index in [4.69, 9.17) is 4.74 Å². The number of sulfonamides is 1. The van der Waals surface area contributed by atoms with Crippen molar-refractivity contribution in [3.05, 3.63) is 46.7 Å². The van der Waals surface area contributed by atoms with Gasteiger partial charge < -0.3 is 4.74 Å². The van der Waals surface area contributed by atoms with Crippen molar-refractivity contribution in [1.29, 1.82) is 0 Å². The van der Waals surface area contributed by atoms with Gasteiger partial charge in [0.05, 0.1) is 12.0 Å². The zero-order valence-corrected chi connectivity index (χ0v) is 16.0. The van der Waals surface area contributed by atoms with E-state index in [9.17, 15) is 8.42 Å². The molecule has 1 aromatic heterocycles. The van der Waals surface area contributed by atoms with Crippen LogP contribution in [0.5, 0.6) is 5.75 Å². The molecule has 0 radical (unpaired) electrons. The number of benzene rings is 1. The Morgan fingerprint density at radius 2 is 2.04 bits per heavy atom. The zero-order chi connectivity index (χ0) is 17.7. The van der Waals surface area contributed by atoms with Crippen LogP contribution in [0.25, 0.3) is 0 Å². The fourth-order valence-electron chi connectivity index (χ4n) is 3.05. The number of likely N-dealkylation sites (tertiary alicyclic amines) is 1. The quantitative estimate of drug-likeness (QED) is 0.802. The minimum absolute atomic E-state index is 0.252. The normalized spacial score (nSPS) is 16.8. The van der Waals surface area contributed by atoms with Crippen LogP contribution in [0.15, 0.2) is 46.7 Å². The topological polar surface area (TPSA) is 58.6 Å². The van der Waals surface area contributed by atoms with Gasteiger partial charge in [-0.1, -0.05) is 12.1 Å². The molecule has 1 aromatic carbocycles. The van der Waals surface area contributed by atoms with Crippen LogP contribution < -0.4 is 9.46 Å². The lowest BCUT2D eigenvalue weighted by atomic mass is 9.97. The predicted octanol–water partition coefficient (Wildman–Crippen LogP) is 2.95. The second-order valence-corrected chi connectivity index (χ2v) is 9.13. The number of nitrogens with zero attached hydrogens (tertiary/aromatic N) is 1. The lowest BCUT2D eigenvalue weighted by Gasteiger charge is -2.31. The highest BCUT2D eigenvalue weighted by Crippen LogP contribution is 2.21. The molecule has 0 spiro atoms. The molecule has 7 heteroatoms. The van der Waals surface area contributed by atoms with Gasteiger partial charge in [0.25, 0.3) is 0 Å². The molecule has 0 aliphatic carbocycles. The Morgan fingerprint density at radius 3 is 2.72 bits per heavy atom. The van der Waals surface area contributed by atoms with Crippen molar-refractivity contribution in [3.8, 4) is 5.75 Å². The molecule has 0 unspecified atom stereocenters. The van der Waals surface area contributed by atoms with Crippen LogP contribution in [0, 0.1) is 5.92 Å². The Bertz CT molecular complexity index is 767. The third kappa shape index (κ3) is 5.04. The third-order valence-electron chi connectivity index (χ3n) is 4.58. The van der Waals surface area contributed by atoms with E-state index < -0.39 is 10.0 Å². The van der Waals surface area contributed by atoms with Gasteiger partial charge in [0.1, 0.15) is 5.75 Å². The molecule has 2 heterocycles. The number of methoxy groups -OCH3 is 1. The van der Waals surface area contributed by atoms with Crippen molar-refractivity contribution in [2.45, 2.75) is 24.3 Å². The number of nitrogens with one attached hydrogen (secondary N) is 1. The largest absolute Gasteiger partial charge is 0.497 e. The molecule has 1 aliphatic heterocycles. The lowest BCUT2D eigenvalue weighted by Crippen LogP contribution is -2.38. The number of hydrogen-bond donors (Lipinski definition) is 1. The van der Waals surface area contributed by atoms with E-state index in [1.807, 2.05) is 0 Å². The number of thiophene rings is 1. The summed E-state index contributed by atoms with van der Waals surface area (Å²) >= 11 is 1.79. The van der Waals surface area contributed by atoms with Gasteiger partial charge in [-0.2, -0.15) is 0 Å². The van der Waals surface area contributed by atoms with Gasteiger partial charge in [0.2, 0.25) is 10.0 Å². The maximum Gasteiger partial charge on any atom is 0.240 e. The molecule has 136 valence electrons. The van der Waals surface area contributed by atoms with Crippen LogP contribution in [-0.4, -0.2) is 40.1 Å². The summed E-state index contributed by atoms with van der Waals surface area (Å²) in [6.07, 6.45) is 2.04. The fraction of sp³-hybridized carbons (Fsp3) is 0.444. The third-order valence-corrected chi connectivity index (χ3v) is 6.86. The smallest absolute Gasteiger partial charge is 0.240 e. The summed E-state index contributed by atoms with van der Waals surface area (Å²) in [7, 11) is -1.96.